The van der Waals surface area contributed by atoms with Crippen LogP contribution >= 0.6 is 11.8 Å². The predicted molar refractivity (Wildman–Crippen MR) is 104 cm³/mol. The molecule has 0 aliphatic carbocycles. The van der Waals surface area contributed by atoms with Gasteiger partial charge in [0.05, 0.1) is 10.6 Å². The number of aliphatic carboxylic acids is 1. The van der Waals surface area contributed by atoms with Gasteiger partial charge in [0.25, 0.3) is 11.1 Å². The number of para-hydroxylation sites is 1. The number of imide groups is 1. The molecule has 0 spiro atoms. The summed E-state index contributed by atoms with van der Waals surface area (Å²) in [5.41, 5.74) is 2.88. The Kier molecular flexibility index (Phi) is 5.32. The van der Waals surface area contributed by atoms with E-state index < -0.39 is 18.5 Å². The molecule has 2 aromatic carbocycles. The van der Waals surface area contributed by atoms with Crippen molar-refractivity contribution in [3.05, 3.63) is 64.1 Å². The van der Waals surface area contributed by atoms with E-state index in [1.165, 1.54) is 4.90 Å². The molecule has 2 aromatic rings. The number of carbonyl (C=O) groups excluding carboxylic acids is 2. The van der Waals surface area contributed by atoms with Gasteiger partial charge in [-0.1, -0.05) is 30.3 Å². The van der Waals surface area contributed by atoms with Crippen LogP contribution in [-0.4, -0.2) is 28.8 Å². The molecule has 1 aliphatic rings. The third kappa shape index (κ3) is 4.03. The molecular weight excluding hydrogens is 366 g/mol. The smallest absolute Gasteiger partial charge is 0.341 e. The highest BCUT2D eigenvalue weighted by Gasteiger charge is 2.37. The van der Waals surface area contributed by atoms with E-state index in [1.807, 2.05) is 26.0 Å². The van der Waals surface area contributed by atoms with Crippen molar-refractivity contribution in [1.29, 1.82) is 0 Å². The molecule has 0 unspecified atom stereocenters. The molecule has 1 heterocycles. The zero-order valence-electron chi connectivity index (χ0n) is 14.8. The number of hydrogen-bond donors (Lipinski definition) is 1. The predicted octanol–water partition coefficient (Wildman–Crippen LogP) is 4.01. The van der Waals surface area contributed by atoms with E-state index in [0.29, 0.717) is 17.0 Å². The first kappa shape index (κ1) is 18.7. The molecule has 1 N–H and O–H groups in total. The van der Waals surface area contributed by atoms with Crippen molar-refractivity contribution in [1.82, 2.24) is 0 Å². The minimum atomic E-state index is -1.10. The summed E-state index contributed by atoms with van der Waals surface area (Å²) in [7, 11) is 0. The summed E-state index contributed by atoms with van der Waals surface area (Å²) in [5.74, 6) is -1.18. The number of aryl methyl sites for hydroxylation is 2. The molecule has 0 saturated carbocycles. The van der Waals surface area contributed by atoms with Gasteiger partial charge in [0.2, 0.25) is 0 Å². The van der Waals surface area contributed by atoms with Crippen molar-refractivity contribution in [2.75, 3.05) is 11.5 Å². The van der Waals surface area contributed by atoms with Crippen LogP contribution in [0.1, 0.15) is 16.7 Å². The fourth-order valence-electron chi connectivity index (χ4n) is 2.65. The van der Waals surface area contributed by atoms with E-state index in [4.69, 9.17) is 9.84 Å². The van der Waals surface area contributed by atoms with Crippen molar-refractivity contribution < 1.29 is 24.2 Å². The Morgan fingerprint density at radius 3 is 2.67 bits per heavy atom. The Bertz CT molecular complexity index is 967. The van der Waals surface area contributed by atoms with E-state index in [9.17, 15) is 14.4 Å². The minimum Gasteiger partial charge on any atom is -0.481 e. The Morgan fingerprint density at radius 2 is 1.93 bits per heavy atom. The Hall–Kier alpha value is -3.06. The van der Waals surface area contributed by atoms with Gasteiger partial charge in [0.15, 0.2) is 6.61 Å². The molecule has 6 nitrogen and oxygen atoms in total. The lowest BCUT2D eigenvalue weighted by molar-refractivity contribution is -0.139. The zero-order chi connectivity index (χ0) is 19.6. The fraction of sp³-hybridized carbons (Fsp3) is 0.150. The van der Waals surface area contributed by atoms with Gasteiger partial charge in [-0.2, -0.15) is 0 Å². The molecule has 1 aliphatic heterocycles. The molecule has 3 rings (SSSR count). The average Bonchev–Trinajstić information content (AvgIpc) is 2.90. The second-order valence-corrected chi connectivity index (χ2v) is 7.02. The van der Waals surface area contributed by atoms with Crippen molar-refractivity contribution in [2.45, 2.75) is 13.8 Å². The number of carbonyl (C=O) groups is 3. The number of carboxylic acid groups (broad SMARTS) is 1. The largest absolute Gasteiger partial charge is 0.481 e. The van der Waals surface area contributed by atoms with Gasteiger partial charge in [-0.25, -0.2) is 9.69 Å². The number of thioether (sulfide) groups is 1. The highest BCUT2D eigenvalue weighted by atomic mass is 32.2. The van der Waals surface area contributed by atoms with Gasteiger partial charge in [0, 0.05) is 5.56 Å². The maximum Gasteiger partial charge on any atom is 0.341 e. The van der Waals surface area contributed by atoms with Crippen LogP contribution in [0.4, 0.5) is 10.5 Å². The van der Waals surface area contributed by atoms with Crippen molar-refractivity contribution in [3.63, 3.8) is 0 Å². The van der Waals surface area contributed by atoms with Gasteiger partial charge >= 0.3 is 5.97 Å². The molecule has 27 heavy (non-hydrogen) atoms. The lowest BCUT2D eigenvalue weighted by Crippen LogP contribution is -2.28. The van der Waals surface area contributed by atoms with Crippen LogP contribution in [0.3, 0.4) is 0 Å². The number of anilines is 1. The second kappa shape index (κ2) is 7.67. The molecule has 0 atom stereocenters. The fourth-order valence-corrected chi connectivity index (χ4v) is 3.47. The lowest BCUT2D eigenvalue weighted by Gasteiger charge is -2.16. The number of benzene rings is 2. The van der Waals surface area contributed by atoms with E-state index in [1.54, 1.807) is 36.4 Å². The summed E-state index contributed by atoms with van der Waals surface area (Å²) in [4.78, 5) is 37.5. The van der Waals surface area contributed by atoms with Crippen LogP contribution in [0.2, 0.25) is 0 Å². The summed E-state index contributed by atoms with van der Waals surface area (Å²) in [6, 6.07) is 12.4. The van der Waals surface area contributed by atoms with Gasteiger partial charge in [0.1, 0.15) is 5.75 Å². The standard InChI is InChI=1S/C20H17NO5S/c1-12-7-8-13(2)15(9-12)21-19(24)17(27-20(21)25)10-14-5-3-4-6-16(14)26-11-18(22)23/h3-10H,11H2,1-2H3,(H,22,23)/b17-10+. The summed E-state index contributed by atoms with van der Waals surface area (Å²) in [6.07, 6.45) is 1.55. The van der Waals surface area contributed by atoms with E-state index in [0.717, 1.165) is 22.9 Å². The number of ether oxygens (including phenoxy) is 1. The quantitative estimate of drug-likeness (QED) is 0.786. The summed E-state index contributed by atoms with van der Waals surface area (Å²) >= 11 is 0.846. The summed E-state index contributed by atoms with van der Waals surface area (Å²) in [6.45, 7) is 3.25. The normalized spacial score (nSPS) is 15.5. The Morgan fingerprint density at radius 1 is 1.19 bits per heavy atom. The van der Waals surface area contributed by atoms with Gasteiger partial charge in [-0.15, -0.1) is 0 Å². The van der Waals surface area contributed by atoms with Gasteiger partial charge in [-0.05, 0) is 54.9 Å². The Balaban J connectivity index is 1.94. The van der Waals surface area contributed by atoms with Gasteiger partial charge < -0.3 is 9.84 Å². The topological polar surface area (TPSA) is 83.9 Å². The minimum absolute atomic E-state index is 0.257. The molecule has 0 aromatic heterocycles. The highest BCUT2D eigenvalue weighted by molar-refractivity contribution is 8.19. The average molecular weight is 383 g/mol. The zero-order valence-corrected chi connectivity index (χ0v) is 15.6. The van der Waals surface area contributed by atoms with Crippen LogP contribution in [0.15, 0.2) is 47.4 Å². The number of carboxylic acids is 1. The van der Waals surface area contributed by atoms with Crippen LogP contribution in [0, 0.1) is 13.8 Å². The molecule has 138 valence electrons. The van der Waals surface area contributed by atoms with E-state index in [2.05, 4.69) is 0 Å². The third-order valence-corrected chi connectivity index (χ3v) is 4.83. The Labute approximate surface area is 160 Å². The summed E-state index contributed by atoms with van der Waals surface area (Å²) < 4.78 is 5.25. The maximum absolute atomic E-state index is 12.8. The van der Waals surface area contributed by atoms with E-state index in [-0.39, 0.29) is 10.1 Å². The third-order valence-electron chi connectivity index (χ3n) is 3.96. The van der Waals surface area contributed by atoms with Crippen LogP contribution in [0.25, 0.3) is 6.08 Å². The molecule has 0 bridgehead atoms. The molecule has 1 fully saturated rings. The molecule has 0 radical (unpaired) electrons. The lowest BCUT2D eigenvalue weighted by atomic mass is 10.1. The van der Waals surface area contributed by atoms with E-state index >= 15 is 0 Å². The van der Waals surface area contributed by atoms with Crippen molar-refractivity contribution >= 4 is 40.6 Å². The van der Waals surface area contributed by atoms with Crippen LogP contribution < -0.4 is 9.64 Å². The first-order valence-corrected chi connectivity index (χ1v) is 8.97. The molecule has 2 amide bonds. The van der Waals surface area contributed by atoms with Crippen LogP contribution in [0.5, 0.6) is 5.75 Å². The maximum atomic E-state index is 12.8. The first-order valence-electron chi connectivity index (χ1n) is 8.15. The first-order chi connectivity index (χ1) is 12.9. The number of rotatable bonds is 5. The molecular formula is C20H17NO5S. The van der Waals surface area contributed by atoms with Crippen molar-refractivity contribution in [3.8, 4) is 5.75 Å². The second-order valence-electron chi connectivity index (χ2n) is 6.03. The van der Waals surface area contributed by atoms with Gasteiger partial charge in [-0.3, -0.25) is 9.59 Å². The highest BCUT2D eigenvalue weighted by Crippen LogP contribution is 2.38. The van der Waals surface area contributed by atoms with Crippen molar-refractivity contribution in [2.24, 2.45) is 0 Å². The number of hydrogen-bond acceptors (Lipinski definition) is 5. The molecule has 1 saturated heterocycles. The SMILES string of the molecule is Cc1ccc(C)c(N2C(=O)S/C(=C/c3ccccc3OCC(=O)O)C2=O)c1. The van der Waals surface area contributed by atoms with Crippen LogP contribution in [-0.2, 0) is 9.59 Å². The number of nitrogens with zero attached hydrogens (tertiary/aromatic N) is 1. The number of amides is 2. The monoisotopic (exact) mass is 383 g/mol. The molecule has 7 heteroatoms. The summed E-state index contributed by atoms with van der Waals surface area (Å²) in [5, 5.41) is 8.41.